The van der Waals surface area contributed by atoms with Crippen LogP contribution in [0.1, 0.15) is 11.1 Å². The Labute approximate surface area is 180 Å². The maximum atomic E-state index is 12.3. The smallest absolute Gasteiger partial charge is 0.308 e. The molecule has 1 aliphatic carbocycles. The van der Waals surface area contributed by atoms with E-state index in [4.69, 9.17) is 11.6 Å². The molecule has 2 amide bonds. The van der Waals surface area contributed by atoms with Gasteiger partial charge < -0.3 is 10.6 Å². The average molecular weight is 411 g/mol. The van der Waals surface area contributed by atoms with Gasteiger partial charge in [0.1, 0.15) is 0 Å². The highest BCUT2D eigenvalue weighted by Crippen LogP contribution is 2.38. The summed E-state index contributed by atoms with van der Waals surface area (Å²) in [5.74, 6) is 0. The van der Waals surface area contributed by atoms with Gasteiger partial charge in [-0.25, -0.2) is 4.79 Å². The first-order valence-electron chi connectivity index (χ1n) is 9.81. The first-order chi connectivity index (χ1) is 14.7. The van der Waals surface area contributed by atoms with Crippen LogP contribution in [0.2, 0.25) is 5.02 Å². The number of benzene rings is 4. The van der Waals surface area contributed by atoms with E-state index < -0.39 is 0 Å². The predicted molar refractivity (Wildman–Crippen MR) is 124 cm³/mol. The van der Waals surface area contributed by atoms with Gasteiger partial charge in [-0.3, -0.25) is 0 Å². The van der Waals surface area contributed by atoms with Crippen molar-refractivity contribution in [3.05, 3.63) is 107 Å². The molecule has 4 aromatic rings. The van der Waals surface area contributed by atoms with E-state index >= 15 is 0 Å². The van der Waals surface area contributed by atoms with Crippen molar-refractivity contribution in [1.29, 1.82) is 0 Å². The van der Waals surface area contributed by atoms with Gasteiger partial charge in [0.2, 0.25) is 0 Å². The van der Waals surface area contributed by atoms with Gasteiger partial charge >= 0.3 is 6.03 Å². The lowest BCUT2D eigenvalue weighted by molar-refractivity contribution is 0.262. The highest BCUT2D eigenvalue weighted by atomic mass is 35.5. The lowest BCUT2D eigenvalue weighted by Crippen LogP contribution is -2.19. The Hall–Kier alpha value is -3.56. The van der Waals surface area contributed by atoms with Gasteiger partial charge in [0, 0.05) is 16.4 Å². The van der Waals surface area contributed by atoms with Crippen molar-refractivity contribution < 1.29 is 4.79 Å². The van der Waals surface area contributed by atoms with E-state index in [9.17, 15) is 4.79 Å². The number of anilines is 2. The summed E-state index contributed by atoms with van der Waals surface area (Å²) >= 11 is 5.89. The Balaban J connectivity index is 1.35. The van der Waals surface area contributed by atoms with Crippen molar-refractivity contribution in [1.82, 2.24) is 0 Å². The molecule has 0 saturated heterocycles. The minimum absolute atomic E-state index is 0.293. The predicted octanol–water partition coefficient (Wildman–Crippen LogP) is 7.22. The van der Waals surface area contributed by atoms with E-state index in [0.717, 1.165) is 23.2 Å². The zero-order valence-electron chi connectivity index (χ0n) is 16.2. The number of urea groups is 1. The summed E-state index contributed by atoms with van der Waals surface area (Å²) in [5.41, 5.74) is 8.99. The molecule has 4 heteroatoms. The summed E-state index contributed by atoms with van der Waals surface area (Å²) in [5, 5.41) is 6.34. The molecule has 0 aromatic heterocycles. The second-order valence-corrected chi connectivity index (χ2v) is 7.81. The van der Waals surface area contributed by atoms with Crippen LogP contribution >= 0.6 is 11.6 Å². The molecule has 0 saturated carbocycles. The third-order valence-electron chi connectivity index (χ3n) is 5.35. The first kappa shape index (κ1) is 18.5. The normalized spacial score (nSPS) is 11.5. The van der Waals surface area contributed by atoms with Crippen LogP contribution in [0.4, 0.5) is 16.2 Å². The molecular weight excluding hydrogens is 392 g/mol. The molecule has 4 aromatic carbocycles. The summed E-state index contributed by atoms with van der Waals surface area (Å²) in [7, 11) is 0. The van der Waals surface area contributed by atoms with Crippen molar-refractivity contribution in [2.75, 3.05) is 10.6 Å². The number of nitrogens with one attached hydrogen (secondary N) is 2. The monoisotopic (exact) mass is 410 g/mol. The minimum Gasteiger partial charge on any atom is -0.308 e. The minimum atomic E-state index is -0.293. The summed E-state index contributed by atoms with van der Waals surface area (Å²) in [4.78, 5) is 12.3. The quantitative estimate of drug-likeness (QED) is 0.324. The molecular formula is C26H19ClN2O. The van der Waals surface area contributed by atoms with E-state index in [1.165, 1.54) is 22.3 Å². The highest BCUT2D eigenvalue weighted by Gasteiger charge is 2.18. The number of hydrogen-bond donors (Lipinski definition) is 2. The maximum absolute atomic E-state index is 12.3. The number of carbonyl (C=O) groups is 1. The summed E-state index contributed by atoms with van der Waals surface area (Å²) in [6.45, 7) is 0. The largest absolute Gasteiger partial charge is 0.323 e. The van der Waals surface area contributed by atoms with E-state index in [2.05, 4.69) is 59.2 Å². The number of halogens is 1. The zero-order chi connectivity index (χ0) is 20.5. The Morgan fingerprint density at radius 2 is 1.40 bits per heavy atom. The number of hydrogen-bond acceptors (Lipinski definition) is 1. The highest BCUT2D eigenvalue weighted by molar-refractivity contribution is 6.30. The van der Waals surface area contributed by atoms with Crippen LogP contribution in [0.15, 0.2) is 91.0 Å². The fraction of sp³-hybridized carbons (Fsp3) is 0.0385. The van der Waals surface area contributed by atoms with Crippen LogP contribution in [0.5, 0.6) is 0 Å². The van der Waals surface area contributed by atoms with Crippen LogP contribution < -0.4 is 10.6 Å². The maximum Gasteiger partial charge on any atom is 0.323 e. The molecule has 0 unspecified atom stereocenters. The van der Waals surface area contributed by atoms with Gasteiger partial charge in [0.05, 0.1) is 0 Å². The summed E-state index contributed by atoms with van der Waals surface area (Å²) in [6, 6.07) is 29.8. The van der Waals surface area contributed by atoms with Crippen molar-refractivity contribution in [2.24, 2.45) is 0 Å². The lowest BCUT2D eigenvalue weighted by Gasteiger charge is -2.10. The van der Waals surface area contributed by atoms with Crippen LogP contribution in [0.25, 0.3) is 22.3 Å². The van der Waals surface area contributed by atoms with Crippen molar-refractivity contribution in [3.63, 3.8) is 0 Å². The molecule has 0 spiro atoms. The van der Waals surface area contributed by atoms with E-state index in [1.54, 1.807) is 24.3 Å². The molecule has 3 nitrogen and oxygen atoms in total. The molecule has 0 bridgehead atoms. The van der Waals surface area contributed by atoms with Crippen molar-refractivity contribution >= 4 is 29.0 Å². The SMILES string of the molecule is O=C(Nc1ccc(Cl)cc1)Nc1cccc(-c2ccc3c(c2)Cc2ccccc2-3)c1. The third kappa shape index (κ3) is 3.68. The van der Waals surface area contributed by atoms with Crippen LogP contribution in [0.3, 0.4) is 0 Å². The Morgan fingerprint density at radius 3 is 2.27 bits per heavy atom. The van der Waals surface area contributed by atoms with Gasteiger partial charge in [0.15, 0.2) is 0 Å². The van der Waals surface area contributed by atoms with Crippen LogP contribution in [0, 0.1) is 0 Å². The van der Waals surface area contributed by atoms with E-state index in [0.29, 0.717) is 10.7 Å². The topological polar surface area (TPSA) is 41.1 Å². The molecule has 2 N–H and O–H groups in total. The molecule has 0 atom stereocenters. The number of carbonyl (C=O) groups excluding carboxylic acids is 1. The molecule has 0 fully saturated rings. The molecule has 146 valence electrons. The Bertz CT molecular complexity index is 1250. The number of fused-ring (bicyclic) bond motifs is 3. The van der Waals surface area contributed by atoms with Gasteiger partial charge in [-0.1, -0.05) is 66.2 Å². The molecule has 0 radical (unpaired) electrons. The second-order valence-electron chi connectivity index (χ2n) is 7.37. The van der Waals surface area contributed by atoms with Gasteiger partial charge in [0.25, 0.3) is 0 Å². The zero-order valence-corrected chi connectivity index (χ0v) is 16.9. The molecule has 0 heterocycles. The second kappa shape index (κ2) is 7.69. The fourth-order valence-electron chi connectivity index (χ4n) is 3.93. The van der Waals surface area contributed by atoms with Gasteiger partial charge in [-0.2, -0.15) is 0 Å². The third-order valence-corrected chi connectivity index (χ3v) is 5.60. The van der Waals surface area contributed by atoms with E-state index in [1.807, 2.05) is 18.2 Å². The molecule has 0 aliphatic heterocycles. The first-order valence-corrected chi connectivity index (χ1v) is 10.2. The van der Waals surface area contributed by atoms with Crippen molar-refractivity contribution in [2.45, 2.75) is 6.42 Å². The van der Waals surface area contributed by atoms with Gasteiger partial charge in [-0.15, -0.1) is 0 Å². The molecule has 30 heavy (non-hydrogen) atoms. The van der Waals surface area contributed by atoms with E-state index in [-0.39, 0.29) is 6.03 Å². The van der Waals surface area contributed by atoms with Crippen molar-refractivity contribution in [3.8, 4) is 22.3 Å². The standard InChI is InChI=1S/C26H19ClN2O/c27-21-9-11-22(12-10-21)28-26(30)29-23-6-3-5-17(16-23)18-8-13-25-20(14-18)15-19-4-1-2-7-24(19)25/h1-14,16H,15H2,(H2,28,29,30). The van der Waals surface area contributed by atoms with Crippen LogP contribution in [-0.4, -0.2) is 6.03 Å². The Kier molecular flexibility index (Phi) is 4.74. The van der Waals surface area contributed by atoms with Gasteiger partial charge in [-0.05, 0) is 76.2 Å². The Morgan fingerprint density at radius 1 is 0.667 bits per heavy atom. The number of rotatable bonds is 3. The number of amides is 2. The lowest BCUT2D eigenvalue weighted by atomic mass is 9.99. The van der Waals surface area contributed by atoms with Crippen LogP contribution in [-0.2, 0) is 6.42 Å². The summed E-state index contributed by atoms with van der Waals surface area (Å²) < 4.78 is 0. The molecule has 5 rings (SSSR count). The summed E-state index contributed by atoms with van der Waals surface area (Å²) in [6.07, 6.45) is 0.959. The molecule has 1 aliphatic rings. The average Bonchev–Trinajstić information content (AvgIpc) is 3.13. The fourth-order valence-corrected chi connectivity index (χ4v) is 4.05.